The van der Waals surface area contributed by atoms with Crippen LogP contribution in [0.2, 0.25) is 0 Å². The van der Waals surface area contributed by atoms with Crippen LogP contribution in [0.25, 0.3) is 0 Å². The van der Waals surface area contributed by atoms with Gasteiger partial charge in [-0.25, -0.2) is 0 Å². The third-order valence-corrected chi connectivity index (χ3v) is 4.12. The average Bonchev–Trinajstić information content (AvgIpc) is 2.62. The molecule has 9 heteroatoms. The summed E-state index contributed by atoms with van der Waals surface area (Å²) in [5, 5.41) is 6.41. The molecular formula is C18H28F3IN4O. The van der Waals surface area contributed by atoms with Gasteiger partial charge in [-0.1, -0.05) is 12.1 Å². The molecule has 5 nitrogen and oxygen atoms in total. The predicted octanol–water partition coefficient (Wildman–Crippen LogP) is 2.75. The number of guanidine groups is 1. The van der Waals surface area contributed by atoms with Crippen molar-refractivity contribution in [1.29, 1.82) is 0 Å². The van der Waals surface area contributed by atoms with Gasteiger partial charge in [0.25, 0.3) is 0 Å². The summed E-state index contributed by atoms with van der Waals surface area (Å²) in [7, 11) is 0. The Bertz CT molecular complexity index is 561. The van der Waals surface area contributed by atoms with E-state index < -0.39 is 11.7 Å². The SMILES string of the molecule is CCNC(=NCCN1CCOCC1)NCCc1ccc(C(F)(F)F)cc1.I. The number of hydrogen-bond acceptors (Lipinski definition) is 3. The molecule has 0 bridgehead atoms. The van der Waals surface area contributed by atoms with Crippen molar-refractivity contribution in [2.75, 3.05) is 52.5 Å². The van der Waals surface area contributed by atoms with Crippen molar-refractivity contribution in [3.63, 3.8) is 0 Å². The first-order valence-corrected chi connectivity index (χ1v) is 8.97. The van der Waals surface area contributed by atoms with Gasteiger partial charge in [-0.2, -0.15) is 13.2 Å². The highest BCUT2D eigenvalue weighted by Crippen LogP contribution is 2.29. The summed E-state index contributed by atoms with van der Waals surface area (Å²) in [6, 6.07) is 5.29. The molecule has 0 aliphatic carbocycles. The molecular weight excluding hydrogens is 472 g/mol. The fourth-order valence-electron chi connectivity index (χ4n) is 2.66. The van der Waals surface area contributed by atoms with Gasteiger partial charge in [0.2, 0.25) is 0 Å². The van der Waals surface area contributed by atoms with Crippen molar-refractivity contribution >= 4 is 29.9 Å². The molecule has 1 aliphatic rings. The lowest BCUT2D eigenvalue weighted by molar-refractivity contribution is -0.137. The fraction of sp³-hybridized carbons (Fsp3) is 0.611. The third kappa shape index (κ3) is 9.11. The van der Waals surface area contributed by atoms with Crippen molar-refractivity contribution < 1.29 is 17.9 Å². The Morgan fingerprint density at radius 2 is 1.81 bits per heavy atom. The summed E-state index contributed by atoms with van der Waals surface area (Å²) in [4.78, 5) is 6.87. The molecule has 1 aromatic rings. The largest absolute Gasteiger partial charge is 0.416 e. The van der Waals surface area contributed by atoms with Crippen LogP contribution < -0.4 is 10.6 Å². The summed E-state index contributed by atoms with van der Waals surface area (Å²) in [6.07, 6.45) is -3.66. The normalized spacial score (nSPS) is 15.9. The van der Waals surface area contributed by atoms with E-state index in [1.54, 1.807) is 0 Å². The Morgan fingerprint density at radius 1 is 1.15 bits per heavy atom. The number of nitrogens with one attached hydrogen (secondary N) is 2. The number of aliphatic imine (C=N–C) groups is 1. The van der Waals surface area contributed by atoms with Gasteiger partial charge in [0.05, 0.1) is 25.3 Å². The molecule has 0 spiro atoms. The van der Waals surface area contributed by atoms with E-state index in [-0.39, 0.29) is 24.0 Å². The highest BCUT2D eigenvalue weighted by atomic mass is 127. The number of alkyl halides is 3. The first-order valence-electron chi connectivity index (χ1n) is 8.97. The molecule has 1 aliphatic heterocycles. The minimum Gasteiger partial charge on any atom is -0.379 e. The van der Waals surface area contributed by atoms with Crippen LogP contribution in [0.1, 0.15) is 18.1 Å². The third-order valence-electron chi connectivity index (χ3n) is 4.12. The second kappa shape index (κ2) is 12.4. The number of benzene rings is 1. The van der Waals surface area contributed by atoms with E-state index in [0.29, 0.717) is 19.5 Å². The van der Waals surface area contributed by atoms with E-state index >= 15 is 0 Å². The topological polar surface area (TPSA) is 48.9 Å². The van der Waals surface area contributed by atoms with Crippen LogP contribution in [-0.4, -0.2) is 63.3 Å². The number of halogens is 4. The minimum atomic E-state index is -4.29. The summed E-state index contributed by atoms with van der Waals surface area (Å²) >= 11 is 0. The van der Waals surface area contributed by atoms with Crippen LogP contribution in [0.3, 0.4) is 0 Å². The van der Waals surface area contributed by atoms with E-state index in [1.165, 1.54) is 12.1 Å². The molecule has 154 valence electrons. The van der Waals surface area contributed by atoms with Gasteiger partial charge in [-0.15, -0.1) is 24.0 Å². The lowest BCUT2D eigenvalue weighted by Crippen LogP contribution is -2.40. The number of rotatable bonds is 7. The van der Waals surface area contributed by atoms with Gasteiger partial charge >= 0.3 is 6.18 Å². The number of ether oxygens (including phenoxy) is 1. The first kappa shape index (κ1) is 24.0. The van der Waals surface area contributed by atoms with Crippen LogP contribution in [0.5, 0.6) is 0 Å². The maximum absolute atomic E-state index is 12.6. The second-order valence-corrected chi connectivity index (χ2v) is 6.09. The summed E-state index contributed by atoms with van der Waals surface area (Å²) < 4.78 is 43.0. The molecule has 0 radical (unpaired) electrons. The molecule has 1 aromatic carbocycles. The molecule has 1 saturated heterocycles. The molecule has 2 rings (SSSR count). The van der Waals surface area contributed by atoms with Gasteiger partial charge in [0, 0.05) is 32.7 Å². The first-order chi connectivity index (χ1) is 12.5. The van der Waals surface area contributed by atoms with Crippen LogP contribution >= 0.6 is 24.0 Å². The Balaban J connectivity index is 0.00000364. The molecule has 0 aromatic heterocycles. The molecule has 1 heterocycles. The standard InChI is InChI=1S/C18H27F3N4O.HI/c1-2-22-17(24-9-10-25-11-13-26-14-12-25)23-8-7-15-3-5-16(6-4-15)18(19,20)21;/h3-6H,2,7-14H2,1H3,(H2,22,23,24);1H. The minimum absolute atomic E-state index is 0. The van der Waals surface area contributed by atoms with Gasteiger partial charge in [-0.3, -0.25) is 9.89 Å². The molecule has 27 heavy (non-hydrogen) atoms. The number of hydrogen-bond donors (Lipinski definition) is 2. The fourth-order valence-corrected chi connectivity index (χ4v) is 2.66. The molecule has 0 saturated carbocycles. The molecule has 0 unspecified atom stereocenters. The zero-order valence-electron chi connectivity index (χ0n) is 15.5. The van der Waals surface area contributed by atoms with Crippen LogP contribution in [0.15, 0.2) is 29.3 Å². The van der Waals surface area contributed by atoms with Gasteiger partial charge < -0.3 is 15.4 Å². The lowest BCUT2D eigenvalue weighted by atomic mass is 10.1. The lowest BCUT2D eigenvalue weighted by Gasteiger charge is -2.25. The molecule has 1 fully saturated rings. The Kier molecular flexibility index (Phi) is 11.0. The maximum Gasteiger partial charge on any atom is 0.416 e. The van der Waals surface area contributed by atoms with Gasteiger partial charge in [0.15, 0.2) is 5.96 Å². The van der Waals surface area contributed by atoms with E-state index in [0.717, 1.165) is 63.0 Å². The number of morpholine rings is 1. The van der Waals surface area contributed by atoms with Crippen LogP contribution in [0.4, 0.5) is 13.2 Å². The summed E-state index contributed by atoms with van der Waals surface area (Å²) in [5.41, 5.74) is 0.238. The van der Waals surface area contributed by atoms with Gasteiger partial charge in [0.1, 0.15) is 0 Å². The summed E-state index contributed by atoms with van der Waals surface area (Å²) in [5.74, 6) is 0.729. The number of nitrogens with zero attached hydrogens (tertiary/aromatic N) is 2. The van der Waals surface area contributed by atoms with Crippen molar-refractivity contribution in [2.45, 2.75) is 19.5 Å². The Labute approximate surface area is 175 Å². The van der Waals surface area contributed by atoms with E-state index in [4.69, 9.17) is 4.74 Å². The predicted molar refractivity (Wildman–Crippen MR) is 112 cm³/mol. The Hall–Kier alpha value is -1.07. The smallest absolute Gasteiger partial charge is 0.379 e. The zero-order chi connectivity index (χ0) is 18.8. The van der Waals surface area contributed by atoms with Crippen molar-refractivity contribution in [3.05, 3.63) is 35.4 Å². The van der Waals surface area contributed by atoms with Crippen LogP contribution in [0, 0.1) is 0 Å². The summed E-state index contributed by atoms with van der Waals surface area (Å²) in [6.45, 7) is 8.35. The quantitative estimate of drug-likeness (QED) is 0.344. The van der Waals surface area contributed by atoms with Gasteiger partial charge in [-0.05, 0) is 31.0 Å². The second-order valence-electron chi connectivity index (χ2n) is 6.09. The Morgan fingerprint density at radius 3 is 2.41 bits per heavy atom. The molecule has 2 N–H and O–H groups in total. The molecule has 0 amide bonds. The van der Waals surface area contributed by atoms with Crippen molar-refractivity contribution in [3.8, 4) is 0 Å². The van der Waals surface area contributed by atoms with E-state index in [1.807, 2.05) is 6.92 Å². The van der Waals surface area contributed by atoms with E-state index in [9.17, 15) is 13.2 Å². The molecule has 0 atom stereocenters. The average molecular weight is 500 g/mol. The highest BCUT2D eigenvalue weighted by Gasteiger charge is 2.29. The van der Waals surface area contributed by atoms with Crippen molar-refractivity contribution in [1.82, 2.24) is 15.5 Å². The van der Waals surface area contributed by atoms with Crippen molar-refractivity contribution in [2.24, 2.45) is 4.99 Å². The monoisotopic (exact) mass is 500 g/mol. The van der Waals surface area contributed by atoms with E-state index in [2.05, 4.69) is 20.5 Å². The maximum atomic E-state index is 12.6. The highest BCUT2D eigenvalue weighted by molar-refractivity contribution is 14.0. The zero-order valence-corrected chi connectivity index (χ0v) is 17.8. The van der Waals surface area contributed by atoms with Crippen LogP contribution in [-0.2, 0) is 17.3 Å².